The molecule has 2 saturated carbocycles. The van der Waals surface area contributed by atoms with Gasteiger partial charge in [0.1, 0.15) is 4.21 Å². The van der Waals surface area contributed by atoms with E-state index in [9.17, 15) is 8.42 Å². The Hall–Kier alpha value is -0.470. The van der Waals surface area contributed by atoms with Gasteiger partial charge in [-0.2, -0.15) is 0 Å². The van der Waals surface area contributed by atoms with Crippen LogP contribution < -0.4 is 10.0 Å². The molecule has 2 aliphatic carbocycles. The molecule has 7 heteroatoms. The van der Waals surface area contributed by atoms with E-state index in [1.54, 1.807) is 13.2 Å². The SMILES string of the molecule is COC1CCC(NS(=O)(=O)c2ccc(CNC3CC3)s2)C1. The van der Waals surface area contributed by atoms with Crippen molar-refractivity contribution < 1.29 is 13.2 Å². The van der Waals surface area contributed by atoms with Crippen molar-refractivity contribution in [2.75, 3.05) is 7.11 Å². The maximum atomic E-state index is 12.4. The van der Waals surface area contributed by atoms with Crippen LogP contribution in [0.4, 0.5) is 0 Å². The Morgan fingerprint density at radius 3 is 2.67 bits per heavy atom. The number of rotatable bonds is 7. The van der Waals surface area contributed by atoms with Crippen LogP contribution >= 0.6 is 11.3 Å². The second-order valence-electron chi connectivity index (χ2n) is 5.86. The minimum Gasteiger partial charge on any atom is -0.381 e. The summed E-state index contributed by atoms with van der Waals surface area (Å²) in [6.07, 6.45) is 5.18. The van der Waals surface area contributed by atoms with Gasteiger partial charge in [0.05, 0.1) is 6.10 Å². The molecule has 118 valence electrons. The van der Waals surface area contributed by atoms with Crippen molar-refractivity contribution in [3.63, 3.8) is 0 Å². The maximum Gasteiger partial charge on any atom is 0.250 e. The molecule has 0 radical (unpaired) electrons. The lowest BCUT2D eigenvalue weighted by Gasteiger charge is -2.12. The molecule has 1 aromatic rings. The second kappa shape index (κ2) is 6.34. The first-order valence-corrected chi connectivity index (χ1v) is 9.74. The van der Waals surface area contributed by atoms with Crippen molar-refractivity contribution in [2.45, 2.75) is 61.0 Å². The van der Waals surface area contributed by atoms with E-state index in [0.717, 1.165) is 30.7 Å². The third-order valence-electron chi connectivity index (χ3n) is 4.08. The predicted octanol–water partition coefficient (Wildman–Crippen LogP) is 1.85. The Morgan fingerprint density at radius 2 is 2.00 bits per heavy atom. The highest BCUT2D eigenvalue weighted by Crippen LogP contribution is 2.27. The average molecular weight is 330 g/mol. The number of hydrogen-bond donors (Lipinski definition) is 2. The van der Waals surface area contributed by atoms with Crippen LogP contribution in [-0.4, -0.2) is 33.7 Å². The molecule has 3 rings (SSSR count). The smallest absolute Gasteiger partial charge is 0.250 e. The van der Waals surface area contributed by atoms with Gasteiger partial charge < -0.3 is 10.1 Å². The van der Waals surface area contributed by atoms with E-state index >= 15 is 0 Å². The summed E-state index contributed by atoms with van der Waals surface area (Å²) in [6, 6.07) is 4.24. The molecule has 0 bridgehead atoms. The van der Waals surface area contributed by atoms with Crippen LogP contribution in [0.1, 0.15) is 37.0 Å². The number of ether oxygens (including phenoxy) is 1. The van der Waals surface area contributed by atoms with Crippen LogP contribution in [0.15, 0.2) is 16.3 Å². The summed E-state index contributed by atoms with van der Waals surface area (Å²) < 4.78 is 33.3. The van der Waals surface area contributed by atoms with Crippen molar-refractivity contribution in [3.8, 4) is 0 Å². The molecule has 1 heterocycles. The number of thiophene rings is 1. The van der Waals surface area contributed by atoms with E-state index in [-0.39, 0.29) is 12.1 Å². The van der Waals surface area contributed by atoms with Gasteiger partial charge in [-0.15, -0.1) is 11.3 Å². The van der Waals surface area contributed by atoms with Gasteiger partial charge in [-0.3, -0.25) is 0 Å². The summed E-state index contributed by atoms with van der Waals surface area (Å²) in [6.45, 7) is 0.764. The minimum absolute atomic E-state index is 0.00455. The topological polar surface area (TPSA) is 67.4 Å². The Kier molecular flexibility index (Phi) is 4.66. The van der Waals surface area contributed by atoms with Crippen molar-refractivity contribution in [1.29, 1.82) is 0 Å². The highest BCUT2D eigenvalue weighted by molar-refractivity contribution is 7.91. The van der Waals surface area contributed by atoms with Crippen LogP contribution in [0.3, 0.4) is 0 Å². The lowest BCUT2D eigenvalue weighted by Crippen LogP contribution is -2.32. The van der Waals surface area contributed by atoms with Crippen molar-refractivity contribution in [1.82, 2.24) is 10.0 Å². The standard InChI is InChI=1S/C14H22N2O3S2/c1-19-12-5-4-11(8-12)16-21(17,18)14-7-6-13(20-14)9-15-10-2-3-10/h6-7,10-12,15-16H,2-5,8-9H2,1H3. The molecular formula is C14H22N2O3S2. The van der Waals surface area contributed by atoms with Crippen LogP contribution in [-0.2, 0) is 21.3 Å². The van der Waals surface area contributed by atoms with Crippen molar-refractivity contribution in [2.24, 2.45) is 0 Å². The van der Waals surface area contributed by atoms with Gasteiger partial charge in [0.25, 0.3) is 0 Å². The lowest BCUT2D eigenvalue weighted by molar-refractivity contribution is 0.107. The predicted molar refractivity (Wildman–Crippen MR) is 82.9 cm³/mol. The van der Waals surface area contributed by atoms with Crippen molar-refractivity contribution in [3.05, 3.63) is 17.0 Å². The average Bonchev–Trinajstić information content (AvgIpc) is 2.98. The van der Waals surface area contributed by atoms with E-state index in [1.165, 1.54) is 24.2 Å². The van der Waals surface area contributed by atoms with Crippen LogP contribution in [0.2, 0.25) is 0 Å². The summed E-state index contributed by atoms with van der Waals surface area (Å²) >= 11 is 1.36. The molecule has 0 amide bonds. The van der Waals surface area contributed by atoms with Gasteiger partial charge in [-0.1, -0.05) is 0 Å². The van der Waals surface area contributed by atoms with Crippen molar-refractivity contribution >= 4 is 21.4 Å². The van der Waals surface area contributed by atoms with E-state index in [0.29, 0.717) is 10.3 Å². The molecule has 2 fully saturated rings. The van der Waals surface area contributed by atoms with Gasteiger partial charge >= 0.3 is 0 Å². The maximum absolute atomic E-state index is 12.4. The fraction of sp³-hybridized carbons (Fsp3) is 0.714. The Balaban J connectivity index is 1.58. The molecule has 2 N–H and O–H groups in total. The monoisotopic (exact) mass is 330 g/mol. The van der Waals surface area contributed by atoms with Gasteiger partial charge in [0, 0.05) is 30.6 Å². The molecule has 5 nitrogen and oxygen atoms in total. The first-order valence-electron chi connectivity index (χ1n) is 7.44. The van der Waals surface area contributed by atoms with E-state index in [4.69, 9.17) is 4.74 Å². The number of sulfonamides is 1. The third kappa shape index (κ3) is 4.04. The zero-order chi connectivity index (χ0) is 14.9. The Bertz CT molecular complexity index is 581. The molecular weight excluding hydrogens is 308 g/mol. The highest BCUT2D eigenvalue weighted by Gasteiger charge is 2.29. The number of nitrogens with one attached hydrogen (secondary N) is 2. The molecule has 2 atom stereocenters. The first kappa shape index (κ1) is 15.4. The van der Waals surface area contributed by atoms with Gasteiger partial charge in [-0.05, 0) is 44.2 Å². The second-order valence-corrected chi connectivity index (χ2v) is 8.97. The largest absolute Gasteiger partial charge is 0.381 e. The van der Waals surface area contributed by atoms with Gasteiger partial charge in [0.2, 0.25) is 10.0 Å². The number of methoxy groups -OCH3 is 1. The Morgan fingerprint density at radius 1 is 1.24 bits per heavy atom. The normalized spacial score (nSPS) is 26.3. The molecule has 21 heavy (non-hydrogen) atoms. The lowest BCUT2D eigenvalue weighted by atomic mass is 10.3. The molecule has 0 aliphatic heterocycles. The zero-order valence-electron chi connectivity index (χ0n) is 12.2. The molecule has 2 unspecified atom stereocenters. The molecule has 0 spiro atoms. The van der Waals surface area contributed by atoms with Gasteiger partial charge in [0.15, 0.2) is 0 Å². The van der Waals surface area contributed by atoms with E-state index in [1.807, 2.05) is 6.07 Å². The molecule has 1 aromatic heterocycles. The number of hydrogen-bond acceptors (Lipinski definition) is 5. The first-order chi connectivity index (χ1) is 10.1. The minimum atomic E-state index is -3.39. The summed E-state index contributed by atoms with van der Waals surface area (Å²) in [4.78, 5) is 1.07. The third-order valence-corrected chi connectivity index (χ3v) is 7.18. The van der Waals surface area contributed by atoms with Crippen LogP contribution in [0.25, 0.3) is 0 Å². The highest BCUT2D eigenvalue weighted by atomic mass is 32.2. The van der Waals surface area contributed by atoms with Crippen LogP contribution in [0.5, 0.6) is 0 Å². The summed E-state index contributed by atoms with van der Waals surface area (Å²) in [5.41, 5.74) is 0. The molecule has 0 aromatic carbocycles. The molecule has 2 aliphatic rings. The van der Waals surface area contributed by atoms with Crippen LogP contribution in [0, 0.1) is 0 Å². The quantitative estimate of drug-likeness (QED) is 0.801. The Labute approximate surface area is 130 Å². The fourth-order valence-electron chi connectivity index (χ4n) is 2.67. The van der Waals surface area contributed by atoms with E-state index in [2.05, 4.69) is 10.0 Å². The molecule has 0 saturated heterocycles. The zero-order valence-corrected chi connectivity index (χ0v) is 13.8. The fourth-order valence-corrected chi connectivity index (χ4v) is 5.28. The van der Waals surface area contributed by atoms with Gasteiger partial charge in [-0.25, -0.2) is 13.1 Å². The summed E-state index contributed by atoms with van der Waals surface area (Å²) in [5.74, 6) is 0. The van der Waals surface area contributed by atoms with E-state index < -0.39 is 10.0 Å². The summed E-state index contributed by atoms with van der Waals surface area (Å²) in [7, 11) is -1.71. The summed E-state index contributed by atoms with van der Waals surface area (Å²) in [5, 5.41) is 3.40.